The summed E-state index contributed by atoms with van der Waals surface area (Å²) < 4.78 is 1.68. The van der Waals surface area contributed by atoms with E-state index in [-0.39, 0.29) is 17.9 Å². The molecule has 0 radical (unpaired) electrons. The van der Waals surface area contributed by atoms with E-state index in [0.29, 0.717) is 37.3 Å². The normalized spacial score (nSPS) is 17.6. The second-order valence-corrected chi connectivity index (χ2v) is 7.43. The molecule has 150 valence electrons. The standard InChI is InChI=1S/C22H25N5O2/c1-3-18-15-25(12-10-21(28)26(18)14-17-7-5-4-6-8-17)22(29)19-13-23-20-9-11-24-27(20)16(19)2/h4-9,11,13,18H,3,10,12,14-15H2,1-2H3/t18-/m1/s1. The van der Waals surface area contributed by atoms with E-state index in [0.717, 1.165) is 17.7 Å². The molecule has 2 aromatic heterocycles. The monoisotopic (exact) mass is 391 g/mol. The van der Waals surface area contributed by atoms with E-state index in [1.54, 1.807) is 27.9 Å². The first-order valence-electron chi connectivity index (χ1n) is 10.0. The zero-order valence-electron chi connectivity index (χ0n) is 16.8. The van der Waals surface area contributed by atoms with Crippen molar-refractivity contribution in [2.75, 3.05) is 13.1 Å². The fraction of sp³-hybridized carbons (Fsp3) is 0.364. The number of aryl methyl sites for hydroxylation is 1. The number of aromatic nitrogens is 3. The van der Waals surface area contributed by atoms with E-state index < -0.39 is 0 Å². The molecule has 0 unspecified atom stereocenters. The second-order valence-electron chi connectivity index (χ2n) is 7.43. The lowest BCUT2D eigenvalue weighted by molar-refractivity contribution is -0.133. The summed E-state index contributed by atoms with van der Waals surface area (Å²) in [6.45, 7) is 5.43. The highest BCUT2D eigenvalue weighted by Gasteiger charge is 2.31. The summed E-state index contributed by atoms with van der Waals surface area (Å²) in [6, 6.07) is 11.8. The van der Waals surface area contributed by atoms with Crippen molar-refractivity contribution >= 4 is 17.5 Å². The zero-order valence-corrected chi connectivity index (χ0v) is 16.8. The number of hydrogen-bond donors (Lipinski definition) is 0. The predicted octanol–water partition coefficient (Wildman–Crippen LogP) is 2.69. The van der Waals surface area contributed by atoms with Crippen LogP contribution in [0.15, 0.2) is 48.8 Å². The Kier molecular flexibility index (Phi) is 5.29. The Balaban J connectivity index is 1.58. The molecule has 1 saturated heterocycles. The number of nitrogens with zero attached hydrogens (tertiary/aromatic N) is 5. The third-order valence-electron chi connectivity index (χ3n) is 5.63. The van der Waals surface area contributed by atoms with E-state index in [9.17, 15) is 9.59 Å². The molecule has 0 spiro atoms. The number of hydrogen-bond acceptors (Lipinski definition) is 4. The Hall–Kier alpha value is -3.22. The lowest BCUT2D eigenvalue weighted by atomic mass is 10.1. The molecule has 1 aromatic carbocycles. The molecule has 7 nitrogen and oxygen atoms in total. The van der Waals surface area contributed by atoms with Crippen molar-refractivity contribution in [2.24, 2.45) is 0 Å². The van der Waals surface area contributed by atoms with E-state index in [1.165, 1.54) is 0 Å². The van der Waals surface area contributed by atoms with Crippen LogP contribution in [-0.4, -0.2) is 55.3 Å². The molecule has 29 heavy (non-hydrogen) atoms. The topological polar surface area (TPSA) is 70.8 Å². The average Bonchev–Trinajstić information content (AvgIpc) is 3.17. The maximum Gasteiger partial charge on any atom is 0.257 e. The molecule has 0 bridgehead atoms. The number of rotatable bonds is 4. The quantitative estimate of drug-likeness (QED) is 0.686. The minimum Gasteiger partial charge on any atom is -0.336 e. The molecular weight excluding hydrogens is 366 g/mol. The number of carbonyl (C=O) groups is 2. The van der Waals surface area contributed by atoms with Crippen molar-refractivity contribution in [3.63, 3.8) is 0 Å². The molecule has 1 aliphatic rings. The first-order valence-corrected chi connectivity index (χ1v) is 10.0. The van der Waals surface area contributed by atoms with E-state index in [1.807, 2.05) is 42.2 Å². The number of carbonyl (C=O) groups excluding carboxylic acids is 2. The molecule has 1 fully saturated rings. The van der Waals surface area contributed by atoms with Crippen molar-refractivity contribution in [1.82, 2.24) is 24.4 Å². The van der Waals surface area contributed by atoms with Gasteiger partial charge in [-0.25, -0.2) is 9.50 Å². The molecule has 7 heteroatoms. The van der Waals surface area contributed by atoms with E-state index in [2.05, 4.69) is 17.0 Å². The summed E-state index contributed by atoms with van der Waals surface area (Å²) in [5.74, 6) is -0.00594. The Bertz CT molecular complexity index is 1030. The van der Waals surface area contributed by atoms with Gasteiger partial charge in [-0.1, -0.05) is 37.3 Å². The molecule has 3 heterocycles. The van der Waals surface area contributed by atoms with Gasteiger partial charge >= 0.3 is 0 Å². The Morgan fingerprint density at radius 1 is 1.21 bits per heavy atom. The van der Waals surface area contributed by atoms with Crippen LogP contribution in [0.2, 0.25) is 0 Å². The van der Waals surface area contributed by atoms with Gasteiger partial charge in [0.05, 0.1) is 17.5 Å². The highest BCUT2D eigenvalue weighted by Crippen LogP contribution is 2.20. The molecule has 1 aliphatic heterocycles. The van der Waals surface area contributed by atoms with Crippen LogP contribution in [0, 0.1) is 6.92 Å². The van der Waals surface area contributed by atoms with Gasteiger partial charge in [-0.2, -0.15) is 5.10 Å². The SMILES string of the molecule is CC[C@@H]1CN(C(=O)c2cnc3ccnn3c2C)CCC(=O)N1Cc1ccccc1. The average molecular weight is 391 g/mol. The van der Waals surface area contributed by atoms with Crippen molar-refractivity contribution < 1.29 is 9.59 Å². The summed E-state index contributed by atoms with van der Waals surface area (Å²) in [4.78, 5) is 34.2. The van der Waals surface area contributed by atoms with Gasteiger partial charge in [-0.05, 0) is 18.9 Å². The largest absolute Gasteiger partial charge is 0.336 e. The zero-order chi connectivity index (χ0) is 20.4. The smallest absolute Gasteiger partial charge is 0.257 e. The van der Waals surface area contributed by atoms with E-state index in [4.69, 9.17) is 0 Å². The van der Waals surface area contributed by atoms with Crippen LogP contribution in [0.1, 0.15) is 41.4 Å². The Morgan fingerprint density at radius 2 is 2.00 bits per heavy atom. The minimum absolute atomic E-state index is 0.0177. The highest BCUT2D eigenvalue weighted by atomic mass is 16.2. The molecule has 2 amide bonds. The van der Waals surface area contributed by atoms with Gasteiger partial charge in [0.15, 0.2) is 5.65 Å². The van der Waals surface area contributed by atoms with Gasteiger partial charge < -0.3 is 9.80 Å². The van der Waals surface area contributed by atoms with Gasteiger partial charge in [-0.3, -0.25) is 9.59 Å². The molecule has 3 aromatic rings. The van der Waals surface area contributed by atoms with Gasteiger partial charge in [0, 0.05) is 44.4 Å². The maximum absolute atomic E-state index is 13.3. The number of amides is 2. The van der Waals surface area contributed by atoms with E-state index >= 15 is 0 Å². The summed E-state index contributed by atoms with van der Waals surface area (Å²) in [6.07, 6.45) is 4.40. The lowest BCUT2D eigenvalue weighted by Crippen LogP contribution is -2.44. The lowest BCUT2D eigenvalue weighted by Gasteiger charge is -2.31. The van der Waals surface area contributed by atoms with Crippen molar-refractivity contribution in [1.29, 1.82) is 0 Å². The van der Waals surface area contributed by atoms with Crippen LogP contribution in [0.5, 0.6) is 0 Å². The van der Waals surface area contributed by atoms with Crippen LogP contribution in [0.25, 0.3) is 5.65 Å². The van der Waals surface area contributed by atoms with Crippen LogP contribution >= 0.6 is 0 Å². The van der Waals surface area contributed by atoms with Gasteiger partial charge in [0.1, 0.15) is 0 Å². The molecule has 1 atom stereocenters. The summed E-state index contributed by atoms with van der Waals surface area (Å²) in [7, 11) is 0. The van der Waals surface area contributed by atoms with Gasteiger partial charge in [0.25, 0.3) is 5.91 Å². The second kappa shape index (κ2) is 8.03. The van der Waals surface area contributed by atoms with Crippen molar-refractivity contribution in [3.05, 3.63) is 65.6 Å². The number of fused-ring (bicyclic) bond motifs is 1. The predicted molar refractivity (Wildman–Crippen MR) is 109 cm³/mol. The molecular formula is C22H25N5O2. The summed E-state index contributed by atoms with van der Waals surface area (Å²) >= 11 is 0. The third kappa shape index (κ3) is 3.72. The van der Waals surface area contributed by atoms with Gasteiger partial charge in [-0.15, -0.1) is 0 Å². The minimum atomic E-state index is -0.0970. The summed E-state index contributed by atoms with van der Waals surface area (Å²) in [5.41, 5.74) is 3.10. The van der Waals surface area contributed by atoms with Gasteiger partial charge in [0.2, 0.25) is 5.91 Å². The fourth-order valence-corrected chi connectivity index (χ4v) is 3.92. The molecule has 0 N–H and O–H groups in total. The Morgan fingerprint density at radius 3 is 2.76 bits per heavy atom. The number of benzene rings is 1. The first-order chi connectivity index (χ1) is 14.1. The fourth-order valence-electron chi connectivity index (χ4n) is 3.92. The third-order valence-corrected chi connectivity index (χ3v) is 5.63. The van der Waals surface area contributed by atoms with Crippen LogP contribution < -0.4 is 0 Å². The highest BCUT2D eigenvalue weighted by molar-refractivity contribution is 5.95. The molecule has 0 aliphatic carbocycles. The van der Waals surface area contributed by atoms with Crippen LogP contribution in [0.4, 0.5) is 0 Å². The molecule has 4 rings (SSSR count). The van der Waals surface area contributed by atoms with Crippen molar-refractivity contribution in [3.8, 4) is 0 Å². The molecule has 0 saturated carbocycles. The summed E-state index contributed by atoms with van der Waals surface area (Å²) in [5, 5.41) is 4.25. The maximum atomic E-state index is 13.3. The first kappa shape index (κ1) is 19.1. The Labute approximate surface area is 170 Å². The van der Waals surface area contributed by atoms with Crippen LogP contribution in [-0.2, 0) is 11.3 Å². The van der Waals surface area contributed by atoms with Crippen LogP contribution in [0.3, 0.4) is 0 Å². The van der Waals surface area contributed by atoms with Crippen molar-refractivity contribution in [2.45, 2.75) is 39.3 Å².